The van der Waals surface area contributed by atoms with Gasteiger partial charge in [-0.05, 0) is 98.2 Å². The van der Waals surface area contributed by atoms with Gasteiger partial charge in [-0.3, -0.25) is 0 Å². The van der Waals surface area contributed by atoms with Gasteiger partial charge in [0.1, 0.15) is 11.7 Å². The summed E-state index contributed by atoms with van der Waals surface area (Å²) in [5, 5.41) is 4.10. The van der Waals surface area contributed by atoms with E-state index in [9.17, 15) is 9.59 Å². The van der Waals surface area contributed by atoms with Crippen molar-refractivity contribution in [1.82, 2.24) is 0 Å². The minimum atomic E-state index is -4.67. The van der Waals surface area contributed by atoms with Crippen LogP contribution < -0.4 is 0 Å². The molecule has 0 saturated carbocycles. The Balaban J connectivity index is 1.27. The number of carbonyl (C=O) groups excluding carboxylic acids is 2. The number of fused-ring (bicyclic) bond motifs is 4. The van der Waals surface area contributed by atoms with Crippen molar-refractivity contribution < 1.29 is 41.7 Å². The molecular weight excluding hydrogens is 681 g/mol. The molecule has 6 aromatic rings. The lowest BCUT2D eigenvalue weighted by Gasteiger charge is -2.20. The van der Waals surface area contributed by atoms with E-state index in [4.69, 9.17) is 25.4 Å². The van der Waals surface area contributed by atoms with Crippen LogP contribution >= 0.6 is 0 Å². The van der Waals surface area contributed by atoms with Gasteiger partial charge >= 0.3 is 18.1 Å². The molecule has 0 radical (unpaired) electrons. The third-order valence-corrected chi connectivity index (χ3v) is 10.3. The van der Waals surface area contributed by atoms with E-state index in [1.165, 1.54) is 6.07 Å². The van der Waals surface area contributed by atoms with Gasteiger partial charge in [0.2, 0.25) is 0 Å². The zero-order valence-corrected chi connectivity index (χ0v) is 29.3. The highest BCUT2D eigenvalue weighted by atomic mass is 19.4. The molecule has 8 rings (SSSR count). The quantitative estimate of drug-likeness (QED) is 0.0931. The summed E-state index contributed by atoms with van der Waals surface area (Å²) in [6.45, 7) is 5.51. The number of esters is 2. The molecular formula is C44H35F3O6. The molecule has 0 bridgehead atoms. The normalized spacial score (nSPS) is 20.0. The highest BCUT2D eigenvalue weighted by Gasteiger charge is 2.41. The van der Waals surface area contributed by atoms with Gasteiger partial charge in [0.25, 0.3) is 0 Å². The van der Waals surface area contributed by atoms with Crippen molar-refractivity contribution in [3.63, 3.8) is 0 Å². The Bertz CT molecular complexity index is 2530. The average Bonchev–Trinajstić information content (AvgIpc) is 3.60. The minimum Gasteiger partial charge on any atom is -0.461 e. The van der Waals surface area contributed by atoms with Gasteiger partial charge in [0.15, 0.2) is 12.2 Å². The smallest absolute Gasteiger partial charge is 0.417 e. The number of hydrogen-bond donors (Lipinski definition) is 0. The van der Waals surface area contributed by atoms with Crippen LogP contribution in [0.4, 0.5) is 13.2 Å². The van der Waals surface area contributed by atoms with E-state index < -0.39 is 41.5 Å². The largest absolute Gasteiger partial charge is 0.461 e. The van der Waals surface area contributed by atoms with Crippen molar-refractivity contribution in [2.75, 3.05) is 0 Å². The van der Waals surface area contributed by atoms with Crippen LogP contribution in [0.5, 0.6) is 0 Å². The molecule has 53 heavy (non-hydrogen) atoms. The second-order valence-corrected chi connectivity index (χ2v) is 14.4. The summed E-state index contributed by atoms with van der Waals surface area (Å²) >= 11 is 0. The lowest BCUT2D eigenvalue weighted by molar-refractivity contribution is -0.153. The first-order valence-electron chi connectivity index (χ1n) is 17.5. The number of benzene rings is 6. The van der Waals surface area contributed by atoms with Crippen LogP contribution in [0.1, 0.15) is 55.9 Å². The number of hydrogen-bond acceptors (Lipinski definition) is 6. The Labute approximate surface area is 303 Å². The number of halogens is 3. The molecule has 3 unspecified atom stereocenters. The fraction of sp³-hybridized carbons (Fsp3) is 0.273. The van der Waals surface area contributed by atoms with Crippen molar-refractivity contribution in [2.24, 2.45) is 0 Å². The van der Waals surface area contributed by atoms with E-state index in [1.807, 2.05) is 56.3 Å². The maximum atomic E-state index is 15.0. The first-order valence-corrected chi connectivity index (χ1v) is 17.5. The fourth-order valence-electron chi connectivity index (χ4n) is 7.93. The molecule has 0 N–H and O–H groups in total. The topological polar surface area (TPSA) is 71.1 Å². The SMILES string of the molecule is C#Cc1c2ccccc2c(COC2CC(C)(C)OC2=O)c2ccc(-c3ccc4c(COC5CC(C)OC5=O)c5ccccc5c(C(F)(F)F)c4c3)cc12. The van der Waals surface area contributed by atoms with Gasteiger partial charge < -0.3 is 18.9 Å². The zero-order chi connectivity index (χ0) is 37.2. The Hall–Kier alpha value is -5.43. The lowest BCUT2D eigenvalue weighted by atomic mass is 9.88. The Morgan fingerprint density at radius 3 is 1.81 bits per heavy atom. The third kappa shape index (κ3) is 6.16. The van der Waals surface area contributed by atoms with Gasteiger partial charge in [0.05, 0.1) is 18.8 Å². The van der Waals surface area contributed by atoms with E-state index >= 15 is 13.2 Å². The molecule has 2 fully saturated rings. The van der Waals surface area contributed by atoms with Crippen molar-refractivity contribution in [1.29, 1.82) is 0 Å². The number of ether oxygens (including phenoxy) is 4. The number of alkyl halides is 3. The zero-order valence-electron chi connectivity index (χ0n) is 29.3. The molecule has 3 atom stereocenters. The summed E-state index contributed by atoms with van der Waals surface area (Å²) in [7, 11) is 0. The predicted molar refractivity (Wildman–Crippen MR) is 197 cm³/mol. The maximum absolute atomic E-state index is 15.0. The molecule has 9 heteroatoms. The molecule has 2 aliphatic rings. The van der Waals surface area contributed by atoms with Crippen LogP contribution in [0.2, 0.25) is 0 Å². The standard InChI is InChI=1S/C44H35F3O6/c1-5-27-28-10-6-7-11-29(28)36(23-51-39-21-43(3,4)53-42(39)49)31-16-14-25(19-34(27)31)26-15-17-32-35(20-26)40(44(45,46)47)33-13-9-8-12-30(33)37(32)22-50-38-18-24(2)52-41(38)48/h1,6-17,19-20,24,38-39H,18,21-23H2,2-4H3. The van der Waals surface area contributed by atoms with Crippen molar-refractivity contribution in [3.8, 4) is 23.5 Å². The van der Waals surface area contributed by atoms with E-state index in [0.29, 0.717) is 45.9 Å². The second-order valence-electron chi connectivity index (χ2n) is 14.4. The van der Waals surface area contributed by atoms with Gasteiger partial charge in [-0.2, -0.15) is 13.2 Å². The Kier molecular flexibility index (Phi) is 8.44. The first-order chi connectivity index (χ1) is 25.3. The second kappa shape index (κ2) is 12.9. The van der Waals surface area contributed by atoms with Crippen molar-refractivity contribution >= 4 is 55.0 Å². The van der Waals surface area contributed by atoms with Crippen molar-refractivity contribution in [3.05, 3.63) is 107 Å². The minimum absolute atomic E-state index is 0.0194. The summed E-state index contributed by atoms with van der Waals surface area (Å²) in [5.74, 6) is 1.97. The van der Waals surface area contributed by atoms with Crippen molar-refractivity contribution in [2.45, 2.75) is 76.9 Å². The lowest BCUT2D eigenvalue weighted by Crippen LogP contribution is -2.19. The van der Waals surface area contributed by atoms with Crippen LogP contribution in [-0.4, -0.2) is 35.9 Å². The summed E-state index contributed by atoms with van der Waals surface area (Å²) < 4.78 is 68.0. The van der Waals surface area contributed by atoms with E-state index in [-0.39, 0.29) is 30.1 Å². The molecule has 268 valence electrons. The Morgan fingerprint density at radius 2 is 1.26 bits per heavy atom. The molecule has 2 aliphatic heterocycles. The van der Waals surface area contributed by atoms with Crippen LogP contribution in [0.3, 0.4) is 0 Å². The molecule has 0 amide bonds. The van der Waals surface area contributed by atoms with Gasteiger partial charge in [0, 0.05) is 18.4 Å². The monoisotopic (exact) mass is 716 g/mol. The molecule has 6 nitrogen and oxygen atoms in total. The van der Waals surface area contributed by atoms with Crippen LogP contribution in [0.15, 0.2) is 84.9 Å². The Morgan fingerprint density at radius 1 is 0.736 bits per heavy atom. The molecule has 0 aliphatic carbocycles. The predicted octanol–water partition coefficient (Wildman–Crippen LogP) is 9.80. The molecule has 6 aromatic carbocycles. The summed E-state index contributed by atoms with van der Waals surface area (Å²) in [5.41, 5.74) is 1.90. The molecule has 0 spiro atoms. The number of carbonyl (C=O) groups is 2. The van der Waals surface area contributed by atoms with Crippen LogP contribution in [0.25, 0.3) is 54.2 Å². The van der Waals surface area contributed by atoms with Crippen LogP contribution in [-0.2, 0) is 47.9 Å². The average molecular weight is 717 g/mol. The number of terminal acetylenes is 1. The molecule has 0 aromatic heterocycles. The fourth-order valence-corrected chi connectivity index (χ4v) is 7.93. The highest BCUT2D eigenvalue weighted by Crippen LogP contribution is 2.45. The summed E-state index contributed by atoms with van der Waals surface area (Å²) in [4.78, 5) is 24.9. The molecule has 2 heterocycles. The van der Waals surface area contributed by atoms with E-state index in [0.717, 1.165) is 27.1 Å². The summed E-state index contributed by atoms with van der Waals surface area (Å²) in [6, 6.07) is 24.8. The van der Waals surface area contributed by atoms with Crippen LogP contribution in [0, 0.1) is 12.3 Å². The van der Waals surface area contributed by atoms with Gasteiger partial charge in [-0.1, -0.05) is 78.7 Å². The molecule has 2 saturated heterocycles. The summed E-state index contributed by atoms with van der Waals surface area (Å²) in [6.07, 6.45) is 0.446. The third-order valence-electron chi connectivity index (χ3n) is 10.3. The first kappa shape index (κ1) is 34.6. The number of rotatable bonds is 7. The van der Waals surface area contributed by atoms with E-state index in [1.54, 1.807) is 43.3 Å². The highest BCUT2D eigenvalue weighted by molar-refractivity contribution is 6.10. The van der Waals surface area contributed by atoms with Gasteiger partial charge in [-0.15, -0.1) is 6.42 Å². The maximum Gasteiger partial charge on any atom is 0.417 e. The number of cyclic esters (lactones) is 2. The van der Waals surface area contributed by atoms with Gasteiger partial charge in [-0.25, -0.2) is 9.59 Å². The van der Waals surface area contributed by atoms with E-state index in [2.05, 4.69) is 5.92 Å².